The van der Waals surface area contributed by atoms with Crippen LogP contribution in [0.2, 0.25) is 0 Å². The van der Waals surface area contributed by atoms with Gasteiger partial charge < -0.3 is 15.8 Å². The summed E-state index contributed by atoms with van der Waals surface area (Å²) in [5, 5.41) is 3.45. The van der Waals surface area contributed by atoms with Crippen molar-refractivity contribution in [3.63, 3.8) is 0 Å². The van der Waals surface area contributed by atoms with Gasteiger partial charge in [0.05, 0.1) is 17.7 Å². The van der Waals surface area contributed by atoms with E-state index in [2.05, 4.69) is 18.8 Å². The van der Waals surface area contributed by atoms with E-state index < -0.39 is 0 Å². The summed E-state index contributed by atoms with van der Waals surface area (Å²) in [7, 11) is 0. The van der Waals surface area contributed by atoms with Crippen LogP contribution in [0.3, 0.4) is 0 Å². The predicted molar refractivity (Wildman–Crippen MR) is 52.3 cm³/mol. The average molecular weight is 182 g/mol. The van der Waals surface area contributed by atoms with Crippen LogP contribution < -0.4 is 11.1 Å². The smallest absolute Gasteiger partial charge is 0.0851 e. The maximum atomic E-state index is 5.68. The van der Waals surface area contributed by atoms with Gasteiger partial charge in [0.1, 0.15) is 0 Å². The van der Waals surface area contributed by atoms with Crippen molar-refractivity contribution in [3.05, 3.63) is 12.3 Å². The second-order valence-corrected chi connectivity index (χ2v) is 4.39. The van der Waals surface area contributed by atoms with Crippen LogP contribution in [0, 0.1) is 0 Å². The summed E-state index contributed by atoms with van der Waals surface area (Å²) in [6, 6.07) is 0. The third-order valence-electron chi connectivity index (χ3n) is 3.22. The van der Waals surface area contributed by atoms with Crippen molar-refractivity contribution in [1.29, 1.82) is 0 Å². The van der Waals surface area contributed by atoms with E-state index in [1.165, 1.54) is 0 Å². The Morgan fingerprint density at radius 2 is 2.31 bits per heavy atom. The molecule has 1 aliphatic carbocycles. The van der Waals surface area contributed by atoms with Crippen LogP contribution in [-0.4, -0.2) is 24.3 Å². The van der Waals surface area contributed by atoms with E-state index in [0.717, 1.165) is 31.6 Å². The lowest BCUT2D eigenvalue weighted by atomic mass is 9.68. The molecule has 3 rings (SSSR count). The lowest BCUT2D eigenvalue weighted by Gasteiger charge is -2.45. The van der Waals surface area contributed by atoms with E-state index in [-0.39, 0.29) is 11.1 Å². The number of hydrogen-bond donors (Lipinski definition) is 2. The van der Waals surface area contributed by atoms with Gasteiger partial charge in [-0.25, -0.2) is 0 Å². The summed E-state index contributed by atoms with van der Waals surface area (Å²) < 4.78 is 5.68. The first-order chi connectivity index (χ1) is 6.14. The Hall–Kier alpha value is -0.540. The van der Waals surface area contributed by atoms with E-state index in [1.807, 2.05) is 0 Å². The predicted octanol–water partition coefficient (Wildman–Crippen LogP) is 0.760. The zero-order valence-electron chi connectivity index (χ0n) is 8.23. The molecule has 2 heterocycles. The highest BCUT2D eigenvalue weighted by atomic mass is 16.5. The zero-order valence-corrected chi connectivity index (χ0v) is 8.23. The second kappa shape index (κ2) is 2.72. The van der Waals surface area contributed by atoms with Crippen molar-refractivity contribution in [2.45, 2.75) is 37.3 Å². The number of ether oxygens (including phenoxy) is 1. The van der Waals surface area contributed by atoms with E-state index in [1.54, 1.807) is 0 Å². The fourth-order valence-corrected chi connectivity index (χ4v) is 2.47. The maximum absolute atomic E-state index is 5.68. The van der Waals surface area contributed by atoms with Gasteiger partial charge in [-0.15, -0.1) is 0 Å². The highest BCUT2D eigenvalue weighted by Crippen LogP contribution is 2.51. The van der Waals surface area contributed by atoms with Gasteiger partial charge in [0.2, 0.25) is 0 Å². The van der Waals surface area contributed by atoms with Crippen LogP contribution in [0.4, 0.5) is 0 Å². The van der Waals surface area contributed by atoms with E-state index in [0.29, 0.717) is 6.54 Å². The molecule has 0 aromatic heterocycles. The monoisotopic (exact) mass is 182 g/mol. The number of fused-ring (bicyclic) bond motifs is 1. The SMILES string of the molecule is C=C(CC)NC12COC(CN)(C1)C2. The third kappa shape index (κ3) is 1.27. The van der Waals surface area contributed by atoms with Crippen molar-refractivity contribution in [1.82, 2.24) is 5.32 Å². The minimum Gasteiger partial charge on any atom is -0.381 e. The molecule has 2 aliphatic heterocycles. The van der Waals surface area contributed by atoms with E-state index in [4.69, 9.17) is 10.5 Å². The summed E-state index contributed by atoms with van der Waals surface area (Å²) in [4.78, 5) is 0. The zero-order chi connectivity index (χ0) is 9.53. The fraction of sp³-hybridized carbons (Fsp3) is 0.800. The molecule has 0 aromatic carbocycles. The molecule has 0 aromatic rings. The molecule has 1 saturated carbocycles. The first kappa shape index (κ1) is 9.03. The van der Waals surface area contributed by atoms with Gasteiger partial charge >= 0.3 is 0 Å². The van der Waals surface area contributed by atoms with Gasteiger partial charge in [0, 0.05) is 25.1 Å². The highest BCUT2D eigenvalue weighted by Gasteiger charge is 2.61. The molecule has 3 nitrogen and oxygen atoms in total. The minimum atomic E-state index is 0.00101. The van der Waals surface area contributed by atoms with Crippen molar-refractivity contribution in [2.24, 2.45) is 5.73 Å². The molecule has 74 valence electrons. The first-order valence-corrected chi connectivity index (χ1v) is 4.94. The number of rotatable bonds is 4. The van der Waals surface area contributed by atoms with Gasteiger partial charge in [-0.2, -0.15) is 0 Å². The number of hydrogen-bond acceptors (Lipinski definition) is 3. The molecule has 0 radical (unpaired) electrons. The Balaban J connectivity index is 1.94. The molecule has 2 bridgehead atoms. The Morgan fingerprint density at radius 3 is 2.77 bits per heavy atom. The molecule has 0 unspecified atom stereocenters. The van der Waals surface area contributed by atoms with Crippen LogP contribution >= 0.6 is 0 Å². The summed E-state index contributed by atoms with van der Waals surface area (Å²) >= 11 is 0. The van der Waals surface area contributed by atoms with E-state index in [9.17, 15) is 0 Å². The Labute approximate surface area is 79.3 Å². The van der Waals surface area contributed by atoms with Gasteiger partial charge in [-0.1, -0.05) is 13.5 Å². The Morgan fingerprint density at radius 1 is 1.62 bits per heavy atom. The number of allylic oxidation sites excluding steroid dienone is 1. The molecule has 0 spiro atoms. The van der Waals surface area contributed by atoms with E-state index >= 15 is 0 Å². The van der Waals surface area contributed by atoms with Crippen LogP contribution in [0.25, 0.3) is 0 Å². The number of nitrogens with one attached hydrogen (secondary N) is 1. The van der Waals surface area contributed by atoms with Crippen LogP contribution in [0.15, 0.2) is 12.3 Å². The molecule has 0 atom stereocenters. The van der Waals surface area contributed by atoms with Crippen LogP contribution in [-0.2, 0) is 4.74 Å². The van der Waals surface area contributed by atoms with Crippen molar-refractivity contribution >= 4 is 0 Å². The van der Waals surface area contributed by atoms with Crippen LogP contribution in [0.5, 0.6) is 0 Å². The van der Waals surface area contributed by atoms with Crippen molar-refractivity contribution in [2.75, 3.05) is 13.2 Å². The lowest BCUT2D eigenvalue weighted by Crippen LogP contribution is -2.59. The molecule has 3 heteroatoms. The van der Waals surface area contributed by atoms with Gasteiger partial charge in [0.15, 0.2) is 0 Å². The largest absolute Gasteiger partial charge is 0.381 e. The van der Waals surface area contributed by atoms with Gasteiger partial charge in [-0.05, 0) is 6.42 Å². The molecule has 0 amide bonds. The van der Waals surface area contributed by atoms with Crippen molar-refractivity contribution in [3.8, 4) is 0 Å². The van der Waals surface area contributed by atoms with Gasteiger partial charge in [0.25, 0.3) is 0 Å². The molecular formula is C10H18N2O. The summed E-state index contributed by atoms with van der Waals surface area (Å²) in [5.74, 6) is 0. The summed E-state index contributed by atoms with van der Waals surface area (Å²) in [6.07, 6.45) is 3.09. The second-order valence-electron chi connectivity index (χ2n) is 4.39. The first-order valence-electron chi connectivity index (χ1n) is 4.94. The lowest BCUT2D eigenvalue weighted by molar-refractivity contribution is 0.00396. The van der Waals surface area contributed by atoms with Crippen LogP contribution in [0.1, 0.15) is 26.2 Å². The Kier molecular flexibility index (Phi) is 1.89. The van der Waals surface area contributed by atoms with Crippen molar-refractivity contribution < 1.29 is 4.74 Å². The molecular weight excluding hydrogens is 164 g/mol. The topological polar surface area (TPSA) is 47.3 Å². The van der Waals surface area contributed by atoms with Gasteiger partial charge in [-0.3, -0.25) is 0 Å². The highest BCUT2D eigenvalue weighted by molar-refractivity contribution is 5.20. The molecule has 3 fully saturated rings. The summed E-state index contributed by atoms with van der Waals surface area (Å²) in [5.41, 5.74) is 6.93. The average Bonchev–Trinajstić information content (AvgIpc) is 2.59. The quantitative estimate of drug-likeness (QED) is 0.675. The Bertz CT molecular complexity index is 231. The fourth-order valence-electron chi connectivity index (χ4n) is 2.47. The third-order valence-corrected chi connectivity index (χ3v) is 3.22. The molecule has 2 saturated heterocycles. The molecule has 3 aliphatic rings. The maximum Gasteiger partial charge on any atom is 0.0851 e. The molecule has 3 N–H and O–H groups in total. The number of nitrogens with two attached hydrogens (primary N) is 1. The molecule has 13 heavy (non-hydrogen) atoms. The minimum absolute atomic E-state index is 0.00101. The summed E-state index contributed by atoms with van der Waals surface area (Å²) in [6.45, 7) is 7.51. The normalized spacial score (nSPS) is 41.4. The standard InChI is InChI=1S/C10H18N2O/c1-3-8(2)12-9-4-10(5-9,6-11)13-7-9/h12H,2-7,11H2,1H3.